The Morgan fingerprint density at radius 3 is 2.70 bits per heavy atom. The number of alkyl halides is 3. The van der Waals surface area contributed by atoms with E-state index in [-0.39, 0.29) is 10.7 Å². The van der Waals surface area contributed by atoms with E-state index in [2.05, 4.69) is 15.6 Å². The van der Waals surface area contributed by atoms with Gasteiger partial charge in [0.15, 0.2) is 0 Å². The van der Waals surface area contributed by atoms with Gasteiger partial charge in [-0.1, -0.05) is 23.7 Å². The highest BCUT2D eigenvalue weighted by molar-refractivity contribution is 6.30. The number of halogens is 4. The van der Waals surface area contributed by atoms with Gasteiger partial charge in [0.1, 0.15) is 0 Å². The van der Waals surface area contributed by atoms with Crippen molar-refractivity contribution in [2.24, 2.45) is 0 Å². The molecule has 4 nitrogen and oxygen atoms in total. The summed E-state index contributed by atoms with van der Waals surface area (Å²) in [5, 5.41) is 10.6. The zero-order valence-corrected chi connectivity index (χ0v) is 11.3. The van der Waals surface area contributed by atoms with Gasteiger partial charge in [-0.2, -0.15) is 13.2 Å². The summed E-state index contributed by atoms with van der Waals surface area (Å²) < 4.78 is 39.7. The second kappa shape index (κ2) is 5.80. The largest absolute Gasteiger partial charge is 0.416 e. The van der Waals surface area contributed by atoms with Crippen molar-refractivity contribution in [1.29, 1.82) is 0 Å². The summed E-state index contributed by atoms with van der Waals surface area (Å²) in [6.07, 6.45) is -2.96. The van der Waals surface area contributed by atoms with Gasteiger partial charge in [-0.25, -0.2) is 4.68 Å². The van der Waals surface area contributed by atoms with Crippen LogP contribution in [0, 0.1) is 0 Å². The van der Waals surface area contributed by atoms with Crippen LogP contribution in [0.15, 0.2) is 24.4 Å². The van der Waals surface area contributed by atoms with Crippen LogP contribution in [-0.2, 0) is 12.7 Å². The minimum absolute atomic E-state index is 0.000254. The van der Waals surface area contributed by atoms with Crippen molar-refractivity contribution < 1.29 is 13.2 Å². The van der Waals surface area contributed by atoms with Crippen molar-refractivity contribution >= 4 is 11.6 Å². The maximum Gasteiger partial charge on any atom is 0.416 e. The molecule has 0 spiro atoms. The molecule has 0 aliphatic heterocycles. The molecule has 0 unspecified atom stereocenters. The lowest BCUT2D eigenvalue weighted by molar-refractivity contribution is -0.137. The van der Waals surface area contributed by atoms with E-state index in [0.717, 1.165) is 18.7 Å². The molecule has 0 fully saturated rings. The fourth-order valence-electron chi connectivity index (χ4n) is 1.71. The fraction of sp³-hybridized carbons (Fsp3) is 0.333. The summed E-state index contributed by atoms with van der Waals surface area (Å²) in [6, 6.07) is 3.29. The maximum absolute atomic E-state index is 12.8. The van der Waals surface area contributed by atoms with E-state index in [1.807, 2.05) is 6.92 Å². The van der Waals surface area contributed by atoms with Gasteiger partial charge >= 0.3 is 6.18 Å². The van der Waals surface area contributed by atoms with Gasteiger partial charge in [0.05, 0.1) is 23.1 Å². The van der Waals surface area contributed by atoms with Crippen LogP contribution in [0.3, 0.4) is 0 Å². The van der Waals surface area contributed by atoms with Gasteiger partial charge in [-0.15, -0.1) is 5.10 Å². The Morgan fingerprint density at radius 2 is 2.05 bits per heavy atom. The summed E-state index contributed by atoms with van der Waals surface area (Å²) in [4.78, 5) is 0. The highest BCUT2D eigenvalue weighted by Gasteiger charge is 2.31. The van der Waals surface area contributed by atoms with Crippen LogP contribution >= 0.6 is 11.6 Å². The van der Waals surface area contributed by atoms with E-state index in [1.54, 1.807) is 0 Å². The molecule has 0 atom stereocenters. The molecule has 0 amide bonds. The Kier molecular flexibility index (Phi) is 4.29. The van der Waals surface area contributed by atoms with E-state index < -0.39 is 11.7 Å². The minimum Gasteiger partial charge on any atom is -0.311 e. The van der Waals surface area contributed by atoms with Crippen molar-refractivity contribution in [3.05, 3.63) is 40.7 Å². The third-order valence-electron chi connectivity index (χ3n) is 2.63. The van der Waals surface area contributed by atoms with E-state index >= 15 is 0 Å². The molecule has 1 aromatic heterocycles. The predicted molar refractivity (Wildman–Crippen MR) is 68.8 cm³/mol. The SMILES string of the molecule is CCNCc1cnnn1-c1cc(Cl)cc(C(F)(F)F)c1. The molecule has 20 heavy (non-hydrogen) atoms. The normalized spacial score (nSPS) is 11.8. The van der Waals surface area contributed by atoms with Crippen molar-refractivity contribution in [2.45, 2.75) is 19.6 Å². The molecule has 0 aliphatic carbocycles. The topological polar surface area (TPSA) is 42.7 Å². The Balaban J connectivity index is 2.43. The molecule has 0 saturated carbocycles. The zero-order valence-electron chi connectivity index (χ0n) is 10.6. The van der Waals surface area contributed by atoms with E-state index in [1.165, 1.54) is 16.9 Å². The Hall–Kier alpha value is -1.60. The molecule has 2 aromatic rings. The van der Waals surface area contributed by atoms with Gasteiger partial charge in [0.2, 0.25) is 0 Å². The minimum atomic E-state index is -4.46. The average Bonchev–Trinajstić information content (AvgIpc) is 2.82. The quantitative estimate of drug-likeness (QED) is 0.944. The zero-order chi connectivity index (χ0) is 14.8. The highest BCUT2D eigenvalue weighted by atomic mass is 35.5. The molecule has 0 saturated heterocycles. The summed E-state index contributed by atoms with van der Waals surface area (Å²) in [5.41, 5.74) is 0.0716. The molecule has 0 radical (unpaired) electrons. The number of rotatable bonds is 4. The van der Waals surface area contributed by atoms with Crippen LogP contribution in [0.1, 0.15) is 18.2 Å². The van der Waals surface area contributed by atoms with E-state index in [0.29, 0.717) is 12.2 Å². The standard InChI is InChI=1S/C12H12ClF3N4/c1-2-17-6-11-7-18-19-20(11)10-4-8(12(14,15)16)3-9(13)5-10/h3-5,7,17H,2,6H2,1H3. The third kappa shape index (κ3) is 3.29. The Morgan fingerprint density at radius 1 is 1.30 bits per heavy atom. The Bertz CT molecular complexity index is 595. The van der Waals surface area contributed by atoms with Crippen LogP contribution in [0.4, 0.5) is 13.2 Å². The van der Waals surface area contributed by atoms with Gasteiger partial charge < -0.3 is 5.32 Å². The lowest BCUT2D eigenvalue weighted by Crippen LogP contribution is -2.15. The van der Waals surface area contributed by atoms with Gasteiger partial charge in [0, 0.05) is 11.6 Å². The molecule has 0 bridgehead atoms. The van der Waals surface area contributed by atoms with Crippen molar-refractivity contribution in [3.63, 3.8) is 0 Å². The van der Waals surface area contributed by atoms with Crippen molar-refractivity contribution in [1.82, 2.24) is 20.3 Å². The molecule has 8 heteroatoms. The summed E-state index contributed by atoms with van der Waals surface area (Å²) in [5.74, 6) is 0. The first-order valence-electron chi connectivity index (χ1n) is 5.90. The molecular formula is C12H12ClF3N4. The van der Waals surface area contributed by atoms with Crippen LogP contribution in [0.25, 0.3) is 5.69 Å². The first-order valence-corrected chi connectivity index (χ1v) is 6.28. The number of nitrogens with one attached hydrogen (secondary N) is 1. The average molecular weight is 305 g/mol. The smallest absolute Gasteiger partial charge is 0.311 e. The predicted octanol–water partition coefficient (Wildman–Crippen LogP) is 3.05. The molecule has 2 rings (SSSR count). The number of benzene rings is 1. The molecule has 0 aliphatic rings. The molecule has 1 N–H and O–H groups in total. The van der Waals surface area contributed by atoms with Crippen LogP contribution in [0.2, 0.25) is 5.02 Å². The molecule has 1 aromatic carbocycles. The lowest BCUT2D eigenvalue weighted by Gasteiger charge is -2.11. The monoisotopic (exact) mass is 304 g/mol. The number of aromatic nitrogens is 3. The van der Waals surface area contributed by atoms with Gasteiger partial charge in [-0.05, 0) is 24.7 Å². The highest BCUT2D eigenvalue weighted by Crippen LogP contribution is 2.32. The summed E-state index contributed by atoms with van der Waals surface area (Å²) >= 11 is 5.75. The van der Waals surface area contributed by atoms with E-state index in [4.69, 9.17) is 11.6 Å². The second-order valence-corrected chi connectivity index (χ2v) is 4.55. The molecule has 108 valence electrons. The third-order valence-corrected chi connectivity index (χ3v) is 2.85. The number of nitrogens with zero attached hydrogens (tertiary/aromatic N) is 3. The lowest BCUT2D eigenvalue weighted by atomic mass is 10.2. The molecule has 1 heterocycles. The molecular weight excluding hydrogens is 293 g/mol. The summed E-state index contributed by atoms with van der Waals surface area (Å²) in [7, 11) is 0. The first-order chi connectivity index (χ1) is 9.41. The van der Waals surface area contributed by atoms with Gasteiger partial charge in [-0.3, -0.25) is 0 Å². The van der Waals surface area contributed by atoms with Crippen molar-refractivity contribution in [3.8, 4) is 5.69 Å². The maximum atomic E-state index is 12.8. The van der Waals surface area contributed by atoms with E-state index in [9.17, 15) is 13.2 Å². The van der Waals surface area contributed by atoms with Crippen LogP contribution < -0.4 is 5.32 Å². The Labute approximate surface area is 118 Å². The first kappa shape index (κ1) is 14.8. The second-order valence-electron chi connectivity index (χ2n) is 4.11. The van der Waals surface area contributed by atoms with Crippen molar-refractivity contribution in [2.75, 3.05) is 6.54 Å². The fourth-order valence-corrected chi connectivity index (χ4v) is 1.94. The summed E-state index contributed by atoms with van der Waals surface area (Å²) in [6.45, 7) is 3.11. The van der Waals surface area contributed by atoms with Crippen LogP contribution in [-0.4, -0.2) is 21.5 Å². The number of hydrogen-bond acceptors (Lipinski definition) is 3. The van der Waals surface area contributed by atoms with Crippen LogP contribution in [0.5, 0.6) is 0 Å². The van der Waals surface area contributed by atoms with Gasteiger partial charge in [0.25, 0.3) is 0 Å². The number of hydrogen-bond donors (Lipinski definition) is 1.